The molecule has 0 saturated carbocycles. The van der Waals surface area contributed by atoms with Crippen LogP contribution in [0.5, 0.6) is 0 Å². The van der Waals surface area contributed by atoms with E-state index in [-0.39, 0.29) is 41.6 Å². The number of rotatable bonds is 4. The van der Waals surface area contributed by atoms with Gasteiger partial charge in [-0.05, 0) is 18.4 Å². The molecule has 1 fully saturated rings. The summed E-state index contributed by atoms with van der Waals surface area (Å²) < 4.78 is 4.79. The lowest BCUT2D eigenvalue weighted by atomic mass is 9.97. The van der Waals surface area contributed by atoms with Crippen molar-refractivity contribution in [3.63, 3.8) is 0 Å². The van der Waals surface area contributed by atoms with E-state index < -0.39 is 4.92 Å². The Labute approximate surface area is 163 Å². The quantitative estimate of drug-likeness (QED) is 0.184. The number of nitrogens with one attached hydrogen (secondary N) is 1. The lowest BCUT2D eigenvalue weighted by Gasteiger charge is -2.33. The number of benzene rings is 1. The summed E-state index contributed by atoms with van der Waals surface area (Å²) >= 11 is 0. The first-order valence-corrected chi connectivity index (χ1v) is 7.82. The van der Waals surface area contributed by atoms with Crippen LogP contribution in [0, 0.1) is 16.0 Å². The smallest absolute Gasteiger partial charge is 0.308 e. The van der Waals surface area contributed by atoms with Crippen LogP contribution in [0.3, 0.4) is 0 Å². The average molecular weight is 462 g/mol. The molecule has 0 spiro atoms. The van der Waals surface area contributed by atoms with Crippen LogP contribution >= 0.6 is 24.0 Å². The Morgan fingerprint density at radius 1 is 1.36 bits per heavy atom. The van der Waals surface area contributed by atoms with Gasteiger partial charge in [0.15, 0.2) is 5.96 Å². The zero-order valence-electron chi connectivity index (χ0n) is 14.3. The van der Waals surface area contributed by atoms with E-state index in [1.54, 1.807) is 19.2 Å². The summed E-state index contributed by atoms with van der Waals surface area (Å²) in [5.74, 6) is 0.569. The summed E-state index contributed by atoms with van der Waals surface area (Å²) in [5, 5.41) is 13.9. The molecule has 0 atom stereocenters. The van der Waals surface area contributed by atoms with E-state index in [1.165, 1.54) is 19.2 Å². The molecule has 138 valence electrons. The molecule has 0 amide bonds. The first-order valence-electron chi connectivity index (χ1n) is 7.82. The molecule has 25 heavy (non-hydrogen) atoms. The Morgan fingerprint density at radius 3 is 2.44 bits per heavy atom. The number of guanidine groups is 1. The molecule has 0 aromatic heterocycles. The molecular formula is C16H23IN4O4. The number of hydrogen-bond acceptors (Lipinski definition) is 5. The first kappa shape index (κ1) is 21.1. The maximum atomic E-state index is 11.6. The average Bonchev–Trinajstić information content (AvgIpc) is 2.62. The van der Waals surface area contributed by atoms with Crippen LogP contribution in [0.1, 0.15) is 18.4 Å². The van der Waals surface area contributed by atoms with Gasteiger partial charge in [0.2, 0.25) is 0 Å². The molecule has 1 N–H and O–H groups in total. The molecule has 1 heterocycles. The monoisotopic (exact) mass is 462 g/mol. The number of methoxy groups -OCH3 is 1. The lowest BCUT2D eigenvalue weighted by molar-refractivity contribution is -0.384. The summed E-state index contributed by atoms with van der Waals surface area (Å²) in [4.78, 5) is 28.2. The Bertz CT molecular complexity index is 613. The number of nitrogens with zero attached hydrogens (tertiary/aromatic N) is 3. The molecular weight excluding hydrogens is 439 g/mol. The molecule has 0 radical (unpaired) electrons. The zero-order valence-corrected chi connectivity index (χ0v) is 16.6. The van der Waals surface area contributed by atoms with E-state index in [1.807, 2.05) is 0 Å². The number of carbonyl (C=O) groups excluding carboxylic acids is 1. The van der Waals surface area contributed by atoms with Gasteiger partial charge in [0, 0.05) is 38.8 Å². The van der Waals surface area contributed by atoms with Crippen molar-refractivity contribution in [1.29, 1.82) is 0 Å². The fraction of sp³-hybridized carbons (Fsp3) is 0.500. The Hall–Kier alpha value is -1.91. The number of ether oxygens (including phenoxy) is 1. The van der Waals surface area contributed by atoms with Crippen molar-refractivity contribution in [2.75, 3.05) is 27.2 Å². The first-order chi connectivity index (χ1) is 11.5. The summed E-state index contributed by atoms with van der Waals surface area (Å²) in [6.07, 6.45) is 1.48. The van der Waals surface area contributed by atoms with E-state index >= 15 is 0 Å². The van der Waals surface area contributed by atoms with Crippen LogP contribution in [0.2, 0.25) is 0 Å². The predicted octanol–water partition coefficient (Wildman–Crippen LogP) is 2.17. The number of nitro groups is 1. The number of nitro benzene ring substituents is 1. The summed E-state index contributed by atoms with van der Waals surface area (Å²) in [5.41, 5.74) is 1.01. The van der Waals surface area contributed by atoms with E-state index in [2.05, 4.69) is 15.2 Å². The van der Waals surface area contributed by atoms with Crippen LogP contribution in [0.4, 0.5) is 5.69 Å². The maximum Gasteiger partial charge on any atom is 0.308 e. The number of hydrogen-bond donors (Lipinski definition) is 1. The number of aliphatic imine (C=N–C) groups is 1. The van der Waals surface area contributed by atoms with Gasteiger partial charge in [0.05, 0.1) is 18.0 Å². The molecule has 0 bridgehead atoms. The largest absolute Gasteiger partial charge is 0.469 e. The van der Waals surface area contributed by atoms with Gasteiger partial charge in [-0.2, -0.15) is 0 Å². The van der Waals surface area contributed by atoms with Gasteiger partial charge in [-0.3, -0.25) is 19.9 Å². The highest BCUT2D eigenvalue weighted by Crippen LogP contribution is 2.18. The maximum absolute atomic E-state index is 11.6. The minimum Gasteiger partial charge on any atom is -0.469 e. The molecule has 0 unspecified atom stereocenters. The van der Waals surface area contributed by atoms with Crippen LogP contribution in [-0.2, 0) is 16.1 Å². The van der Waals surface area contributed by atoms with Gasteiger partial charge in [-0.25, -0.2) is 0 Å². The predicted molar refractivity (Wildman–Crippen MR) is 105 cm³/mol. The van der Waals surface area contributed by atoms with E-state index in [0.29, 0.717) is 6.54 Å². The third-order valence-corrected chi connectivity index (χ3v) is 4.14. The Balaban J connectivity index is 0.00000312. The van der Waals surface area contributed by atoms with Crippen molar-refractivity contribution < 1.29 is 14.5 Å². The topological polar surface area (TPSA) is 97.1 Å². The summed E-state index contributed by atoms with van der Waals surface area (Å²) in [6, 6.07) is 6.42. The van der Waals surface area contributed by atoms with Crippen molar-refractivity contribution in [2.45, 2.75) is 19.4 Å². The van der Waals surface area contributed by atoms with Gasteiger partial charge in [0.1, 0.15) is 0 Å². The standard InChI is InChI=1S/C16H22N4O4.HI/c1-17-16(19-9-7-13(8-10-19)15(21)24-2)18-11-12-3-5-14(6-4-12)20(22)23;/h3-6,13H,7-11H2,1-2H3,(H,17,18);1H. The van der Waals surface area contributed by atoms with Crippen molar-refractivity contribution in [3.05, 3.63) is 39.9 Å². The number of carbonyl (C=O) groups is 1. The van der Waals surface area contributed by atoms with Crippen molar-refractivity contribution >= 4 is 41.6 Å². The summed E-state index contributed by atoms with van der Waals surface area (Å²) in [6.45, 7) is 2.00. The van der Waals surface area contributed by atoms with Crippen molar-refractivity contribution in [3.8, 4) is 0 Å². The minimum absolute atomic E-state index is 0. The minimum atomic E-state index is -0.415. The van der Waals surface area contributed by atoms with Crippen LogP contribution in [-0.4, -0.2) is 49.0 Å². The number of piperidine rings is 1. The number of non-ortho nitro benzene ring substituents is 1. The SMILES string of the molecule is CN=C(NCc1ccc([N+](=O)[O-])cc1)N1CCC(C(=O)OC)CC1.I. The van der Waals surface area contributed by atoms with E-state index in [0.717, 1.165) is 37.5 Å². The highest BCUT2D eigenvalue weighted by molar-refractivity contribution is 14.0. The van der Waals surface area contributed by atoms with E-state index in [9.17, 15) is 14.9 Å². The molecule has 9 heteroatoms. The normalized spacial score (nSPS) is 15.3. The second kappa shape index (κ2) is 10.2. The lowest BCUT2D eigenvalue weighted by Crippen LogP contribution is -2.46. The highest BCUT2D eigenvalue weighted by atomic mass is 127. The highest BCUT2D eigenvalue weighted by Gasteiger charge is 2.26. The number of halogens is 1. The van der Waals surface area contributed by atoms with Gasteiger partial charge in [0.25, 0.3) is 5.69 Å². The van der Waals surface area contributed by atoms with Crippen molar-refractivity contribution in [1.82, 2.24) is 10.2 Å². The van der Waals surface area contributed by atoms with E-state index in [4.69, 9.17) is 4.74 Å². The molecule has 8 nitrogen and oxygen atoms in total. The molecule has 1 aromatic rings. The summed E-state index contributed by atoms with van der Waals surface area (Å²) in [7, 11) is 3.13. The number of esters is 1. The van der Waals surface area contributed by atoms with Crippen LogP contribution in [0.25, 0.3) is 0 Å². The molecule has 2 rings (SSSR count). The third-order valence-electron chi connectivity index (χ3n) is 4.14. The molecule has 0 aliphatic carbocycles. The number of likely N-dealkylation sites (tertiary alicyclic amines) is 1. The van der Waals surface area contributed by atoms with Crippen molar-refractivity contribution in [2.24, 2.45) is 10.9 Å². The van der Waals surface area contributed by atoms with Gasteiger partial charge >= 0.3 is 5.97 Å². The fourth-order valence-corrected chi connectivity index (χ4v) is 2.74. The fourth-order valence-electron chi connectivity index (χ4n) is 2.74. The molecule has 1 saturated heterocycles. The van der Waals surface area contributed by atoms with Crippen LogP contribution in [0.15, 0.2) is 29.3 Å². The Morgan fingerprint density at radius 2 is 1.96 bits per heavy atom. The molecule has 1 aliphatic heterocycles. The third kappa shape index (κ3) is 5.83. The van der Waals surface area contributed by atoms with Gasteiger partial charge in [-0.15, -0.1) is 24.0 Å². The molecule has 1 aliphatic rings. The zero-order chi connectivity index (χ0) is 17.5. The van der Waals surface area contributed by atoms with Crippen LogP contribution < -0.4 is 5.32 Å². The second-order valence-electron chi connectivity index (χ2n) is 5.61. The van der Waals surface area contributed by atoms with Gasteiger partial charge < -0.3 is 15.0 Å². The molecule has 1 aromatic carbocycles. The second-order valence-corrected chi connectivity index (χ2v) is 5.61. The Kier molecular flexibility index (Phi) is 8.59. The van der Waals surface area contributed by atoms with Gasteiger partial charge in [-0.1, -0.05) is 12.1 Å².